The number of aromatic amines is 1. The number of aromatic nitrogens is 3. The molecule has 3 rings (SSSR count). The van der Waals surface area contributed by atoms with E-state index in [4.69, 9.17) is 16.3 Å². The lowest BCUT2D eigenvalue weighted by Gasteiger charge is -2.14. The Balaban J connectivity index is 1.99. The maximum absolute atomic E-state index is 12.6. The number of H-pyrrole nitrogens is 1. The van der Waals surface area contributed by atoms with Crippen molar-refractivity contribution in [2.45, 2.75) is 17.3 Å². The Morgan fingerprint density at radius 3 is 2.16 bits per heavy atom. The first-order valence-corrected chi connectivity index (χ1v) is 10.4. The molecule has 1 N–H and O–H groups in total. The van der Waals surface area contributed by atoms with Crippen molar-refractivity contribution in [2.24, 2.45) is 7.05 Å². The van der Waals surface area contributed by atoms with Crippen LogP contribution in [0.25, 0.3) is 5.69 Å². The second kappa shape index (κ2) is 7.98. The number of hydrogen-bond donors (Lipinski definition) is 1. The Morgan fingerprint density at radius 1 is 1.03 bits per heavy atom. The molecular weight excluding hydrogens is 479 g/mol. The molecule has 3 aromatic rings. The van der Waals surface area contributed by atoms with Crippen molar-refractivity contribution in [3.63, 3.8) is 0 Å². The van der Waals surface area contributed by atoms with E-state index in [0.29, 0.717) is 14.7 Å². The molecule has 1 aromatic heterocycles. The molecule has 1 heterocycles. The van der Waals surface area contributed by atoms with Crippen molar-refractivity contribution in [2.75, 3.05) is 0 Å². The molecule has 0 aliphatic carbocycles. The number of halogens is 4. The monoisotopic (exact) mass is 491 g/mol. The predicted octanol–water partition coefficient (Wildman–Crippen LogP) is 2.27. The van der Waals surface area contributed by atoms with Gasteiger partial charge >= 0.3 is 22.6 Å². The average Bonchev–Trinajstić information content (AvgIpc) is 2.68. The fourth-order valence-electron chi connectivity index (χ4n) is 2.69. The minimum atomic E-state index is -5.50. The van der Waals surface area contributed by atoms with Crippen LogP contribution in [0.2, 0.25) is 5.02 Å². The smallest absolute Gasteiger partial charge is 0.456 e. The number of nitrogens with zero attached hydrogens (tertiary/aromatic N) is 2. The van der Waals surface area contributed by atoms with Crippen LogP contribution >= 0.6 is 11.6 Å². The minimum absolute atomic E-state index is 0.0130. The van der Waals surface area contributed by atoms with Crippen molar-refractivity contribution >= 4 is 21.4 Å². The highest BCUT2D eigenvalue weighted by Crippen LogP contribution is 2.36. The molecule has 0 amide bonds. The predicted molar refractivity (Wildman–Crippen MR) is 107 cm³/mol. The number of alkyl halides is 3. The first kappa shape index (κ1) is 23.3. The van der Waals surface area contributed by atoms with E-state index >= 15 is 0 Å². The lowest BCUT2D eigenvalue weighted by molar-refractivity contribution is -0.0436. The zero-order valence-corrected chi connectivity index (χ0v) is 17.8. The first-order valence-electron chi connectivity index (χ1n) is 8.56. The number of ether oxygens (including phenoxy) is 1. The van der Waals surface area contributed by atoms with Gasteiger partial charge in [0.1, 0.15) is 11.5 Å². The van der Waals surface area contributed by atoms with E-state index in [-0.39, 0.29) is 22.2 Å². The molecule has 0 atom stereocenters. The third-order valence-electron chi connectivity index (χ3n) is 4.33. The summed E-state index contributed by atoms with van der Waals surface area (Å²) in [5.41, 5.74) is -7.86. The highest BCUT2D eigenvalue weighted by Gasteiger charge is 2.46. The molecule has 0 aliphatic rings. The molecule has 0 saturated carbocycles. The molecule has 14 heteroatoms. The van der Waals surface area contributed by atoms with Gasteiger partial charge in [0.2, 0.25) is 0 Å². The lowest BCUT2D eigenvalue weighted by Crippen LogP contribution is -2.47. The zero-order valence-electron chi connectivity index (χ0n) is 16.2. The number of sulfone groups is 1. The maximum atomic E-state index is 12.6. The van der Waals surface area contributed by atoms with Gasteiger partial charge in [0.05, 0.1) is 15.6 Å². The van der Waals surface area contributed by atoms with Gasteiger partial charge in [-0.2, -0.15) is 13.2 Å². The van der Waals surface area contributed by atoms with Gasteiger partial charge < -0.3 is 4.74 Å². The molecule has 0 radical (unpaired) electrons. The fourth-order valence-corrected chi connectivity index (χ4v) is 3.75. The van der Waals surface area contributed by atoms with Crippen LogP contribution in [-0.4, -0.2) is 28.0 Å². The van der Waals surface area contributed by atoms with E-state index in [1.54, 1.807) is 0 Å². The molecule has 0 unspecified atom stereocenters. The van der Waals surface area contributed by atoms with Crippen LogP contribution in [0.5, 0.6) is 11.5 Å². The van der Waals surface area contributed by atoms with Gasteiger partial charge in [-0.3, -0.25) is 4.98 Å². The molecule has 9 nitrogen and oxygen atoms in total. The number of rotatable bonds is 4. The molecular formula is C18H13ClF3N3O6S. The van der Waals surface area contributed by atoms with E-state index in [0.717, 1.165) is 24.3 Å². The Morgan fingerprint density at radius 2 is 1.62 bits per heavy atom. The SMILES string of the molecule is Cc1cc(-n2c(=O)[nH]c(=O)n(C)c2=O)cc(Cl)c1Oc1ccc(S(=O)(=O)C(F)(F)F)cc1. The summed E-state index contributed by atoms with van der Waals surface area (Å²) in [4.78, 5) is 36.9. The molecule has 170 valence electrons. The van der Waals surface area contributed by atoms with E-state index in [9.17, 15) is 36.0 Å². The fraction of sp³-hybridized carbons (Fsp3) is 0.167. The average molecular weight is 492 g/mol. The number of aryl methyl sites for hydroxylation is 1. The summed E-state index contributed by atoms with van der Waals surface area (Å²) < 4.78 is 67.7. The van der Waals surface area contributed by atoms with Crippen molar-refractivity contribution in [1.82, 2.24) is 14.1 Å². The number of benzene rings is 2. The van der Waals surface area contributed by atoms with Crippen LogP contribution < -0.4 is 21.8 Å². The van der Waals surface area contributed by atoms with Crippen molar-refractivity contribution in [1.29, 1.82) is 0 Å². The van der Waals surface area contributed by atoms with Crippen molar-refractivity contribution < 1.29 is 26.3 Å². The van der Waals surface area contributed by atoms with Gasteiger partial charge in [-0.15, -0.1) is 0 Å². The van der Waals surface area contributed by atoms with Gasteiger partial charge in [-0.05, 0) is 48.9 Å². The van der Waals surface area contributed by atoms with E-state index in [1.807, 2.05) is 4.98 Å². The number of nitrogens with one attached hydrogen (secondary N) is 1. The van der Waals surface area contributed by atoms with Gasteiger partial charge in [0.15, 0.2) is 0 Å². The molecule has 0 fully saturated rings. The van der Waals surface area contributed by atoms with Crippen LogP contribution in [0.15, 0.2) is 55.7 Å². The first-order chi connectivity index (χ1) is 14.7. The second-order valence-electron chi connectivity index (χ2n) is 6.51. The van der Waals surface area contributed by atoms with Gasteiger partial charge in [0, 0.05) is 7.05 Å². The largest absolute Gasteiger partial charge is 0.501 e. The molecule has 0 aliphatic heterocycles. The van der Waals surface area contributed by atoms with Crippen LogP contribution in [0.4, 0.5) is 13.2 Å². The summed E-state index contributed by atoms with van der Waals surface area (Å²) in [6.07, 6.45) is 0. The molecule has 32 heavy (non-hydrogen) atoms. The molecule has 0 bridgehead atoms. The van der Waals surface area contributed by atoms with Crippen LogP contribution in [-0.2, 0) is 16.9 Å². The molecule has 0 saturated heterocycles. The van der Waals surface area contributed by atoms with E-state index in [2.05, 4.69) is 0 Å². The van der Waals surface area contributed by atoms with Gasteiger partial charge in [-0.1, -0.05) is 11.6 Å². The zero-order chi connectivity index (χ0) is 24.0. The van der Waals surface area contributed by atoms with Gasteiger partial charge in [0.25, 0.3) is 9.84 Å². The molecule has 2 aromatic carbocycles. The van der Waals surface area contributed by atoms with Gasteiger partial charge in [-0.25, -0.2) is 31.9 Å². The van der Waals surface area contributed by atoms with E-state index in [1.165, 1.54) is 26.1 Å². The highest BCUT2D eigenvalue weighted by molar-refractivity contribution is 7.92. The van der Waals surface area contributed by atoms with Crippen LogP contribution in [0.3, 0.4) is 0 Å². The summed E-state index contributed by atoms with van der Waals surface area (Å²) in [7, 11) is -4.33. The standard InChI is InChI=1S/C18H13ClF3N3O6S/c1-9-7-10(25-16(27)23-15(26)24(2)17(25)28)8-13(19)14(9)31-11-3-5-12(6-4-11)32(29,30)18(20,21)22/h3-8H,1-2H3,(H,23,26,27). The summed E-state index contributed by atoms with van der Waals surface area (Å²) >= 11 is 6.21. The van der Waals surface area contributed by atoms with Crippen molar-refractivity contribution in [3.05, 3.63) is 78.4 Å². The highest BCUT2D eigenvalue weighted by atomic mass is 35.5. The number of hydrogen-bond acceptors (Lipinski definition) is 6. The Hall–Kier alpha value is -3.32. The van der Waals surface area contributed by atoms with Crippen molar-refractivity contribution in [3.8, 4) is 17.2 Å². The maximum Gasteiger partial charge on any atom is 0.501 e. The Bertz CT molecular complexity index is 1470. The van der Waals surface area contributed by atoms with Crippen LogP contribution in [0, 0.1) is 6.92 Å². The van der Waals surface area contributed by atoms with Crippen LogP contribution in [0.1, 0.15) is 5.56 Å². The summed E-state index contributed by atoms with van der Waals surface area (Å²) in [6, 6.07) is 6.09. The lowest BCUT2D eigenvalue weighted by atomic mass is 10.2. The topological polar surface area (TPSA) is 120 Å². The minimum Gasteiger partial charge on any atom is -0.456 e. The van der Waals surface area contributed by atoms with E-state index < -0.39 is 37.3 Å². The normalized spacial score (nSPS) is 12.1. The Kier molecular flexibility index (Phi) is 5.82. The third-order valence-corrected chi connectivity index (χ3v) is 6.11. The third kappa shape index (κ3) is 4.08. The molecule has 0 spiro atoms. The second-order valence-corrected chi connectivity index (χ2v) is 8.86. The Labute approximate surface area is 182 Å². The summed E-state index contributed by atoms with van der Waals surface area (Å²) in [5, 5.41) is -0.0628. The summed E-state index contributed by atoms with van der Waals surface area (Å²) in [6.45, 7) is 1.52. The quantitative estimate of drug-likeness (QED) is 0.598. The summed E-state index contributed by atoms with van der Waals surface area (Å²) in [5.74, 6) is 0.0390.